The van der Waals surface area contributed by atoms with E-state index in [2.05, 4.69) is 0 Å². The molecule has 100 valence electrons. The van der Waals surface area contributed by atoms with Gasteiger partial charge in [0.2, 0.25) is 5.91 Å². The minimum atomic E-state index is -0.0182. The Kier molecular flexibility index (Phi) is 6.00. The van der Waals surface area contributed by atoms with Gasteiger partial charge in [0.05, 0.1) is 19.6 Å². The molecule has 0 radical (unpaired) electrons. The fourth-order valence-corrected chi connectivity index (χ4v) is 1.60. The summed E-state index contributed by atoms with van der Waals surface area (Å²) in [5.41, 5.74) is 6.25. The fraction of sp³-hybridized carbons (Fsp3) is 0.462. The van der Waals surface area contributed by atoms with Crippen molar-refractivity contribution in [1.82, 2.24) is 4.90 Å². The molecule has 0 saturated heterocycles. The van der Waals surface area contributed by atoms with Crippen LogP contribution in [0.1, 0.15) is 13.3 Å². The van der Waals surface area contributed by atoms with E-state index in [9.17, 15) is 4.79 Å². The third-order valence-electron chi connectivity index (χ3n) is 2.55. The molecule has 3 N–H and O–H groups in total. The van der Waals surface area contributed by atoms with E-state index >= 15 is 0 Å². The molecule has 0 aliphatic carbocycles. The standard InChI is InChI=1S/C13H20N2O3/c1-2-15(7-8-16)13(17)6-9-18-12-5-3-4-11(14)10-12/h3-5,10,16H,2,6-9,14H2,1H3. The lowest BCUT2D eigenvalue weighted by molar-refractivity contribution is -0.132. The van der Waals surface area contributed by atoms with Crippen molar-refractivity contribution < 1.29 is 14.6 Å². The van der Waals surface area contributed by atoms with Crippen molar-refractivity contribution in [3.05, 3.63) is 24.3 Å². The highest BCUT2D eigenvalue weighted by atomic mass is 16.5. The predicted octanol–water partition coefficient (Wildman–Crippen LogP) is 0.878. The SMILES string of the molecule is CCN(CCO)C(=O)CCOc1cccc(N)c1. The first-order chi connectivity index (χ1) is 8.67. The number of rotatable bonds is 7. The van der Waals surface area contributed by atoms with Gasteiger partial charge in [0.15, 0.2) is 0 Å². The number of benzene rings is 1. The smallest absolute Gasteiger partial charge is 0.226 e. The van der Waals surface area contributed by atoms with Crippen molar-refractivity contribution in [3.63, 3.8) is 0 Å². The van der Waals surface area contributed by atoms with Crippen LogP contribution in [0, 0.1) is 0 Å². The molecule has 1 aromatic carbocycles. The number of nitrogen functional groups attached to an aromatic ring is 1. The highest BCUT2D eigenvalue weighted by Crippen LogP contribution is 2.14. The lowest BCUT2D eigenvalue weighted by atomic mass is 10.3. The van der Waals surface area contributed by atoms with Crippen molar-refractivity contribution in [2.45, 2.75) is 13.3 Å². The van der Waals surface area contributed by atoms with Gasteiger partial charge in [-0.05, 0) is 19.1 Å². The summed E-state index contributed by atoms with van der Waals surface area (Å²) in [5, 5.41) is 8.81. The van der Waals surface area contributed by atoms with Crippen molar-refractivity contribution in [3.8, 4) is 5.75 Å². The van der Waals surface area contributed by atoms with E-state index in [1.807, 2.05) is 6.92 Å². The van der Waals surface area contributed by atoms with E-state index < -0.39 is 0 Å². The second-order valence-corrected chi connectivity index (χ2v) is 3.87. The number of anilines is 1. The van der Waals surface area contributed by atoms with Crippen molar-refractivity contribution in [2.75, 3.05) is 32.0 Å². The second kappa shape index (κ2) is 7.55. The number of aliphatic hydroxyl groups excluding tert-OH is 1. The first-order valence-electron chi connectivity index (χ1n) is 6.04. The Morgan fingerprint density at radius 3 is 2.89 bits per heavy atom. The Morgan fingerprint density at radius 1 is 1.50 bits per heavy atom. The zero-order valence-electron chi connectivity index (χ0n) is 10.6. The van der Waals surface area contributed by atoms with Crippen LogP contribution in [0.3, 0.4) is 0 Å². The Morgan fingerprint density at radius 2 is 2.28 bits per heavy atom. The van der Waals surface area contributed by atoms with E-state index in [-0.39, 0.29) is 12.5 Å². The predicted molar refractivity (Wildman–Crippen MR) is 70.3 cm³/mol. The number of aliphatic hydroxyl groups is 1. The van der Waals surface area contributed by atoms with Crippen LogP contribution in [0.15, 0.2) is 24.3 Å². The van der Waals surface area contributed by atoms with Gasteiger partial charge in [0.25, 0.3) is 0 Å². The first-order valence-corrected chi connectivity index (χ1v) is 6.04. The largest absolute Gasteiger partial charge is 0.493 e. The summed E-state index contributed by atoms with van der Waals surface area (Å²) in [5.74, 6) is 0.642. The Labute approximate surface area is 107 Å². The third-order valence-corrected chi connectivity index (χ3v) is 2.55. The van der Waals surface area contributed by atoms with E-state index in [4.69, 9.17) is 15.6 Å². The van der Waals surface area contributed by atoms with E-state index in [1.54, 1.807) is 29.2 Å². The summed E-state index contributed by atoms with van der Waals surface area (Å²) in [6, 6.07) is 7.09. The summed E-state index contributed by atoms with van der Waals surface area (Å²) in [7, 11) is 0. The molecule has 1 rings (SSSR count). The number of hydrogen-bond donors (Lipinski definition) is 2. The Balaban J connectivity index is 2.35. The molecule has 0 aliphatic rings. The summed E-state index contributed by atoms with van der Waals surface area (Å²) in [6.45, 7) is 3.14. The minimum Gasteiger partial charge on any atom is -0.493 e. The fourth-order valence-electron chi connectivity index (χ4n) is 1.60. The Hall–Kier alpha value is -1.75. The molecule has 0 aromatic heterocycles. The molecule has 0 bridgehead atoms. The number of nitrogens with two attached hydrogens (primary N) is 1. The monoisotopic (exact) mass is 252 g/mol. The number of amides is 1. The summed E-state index contributed by atoms with van der Waals surface area (Å²) in [4.78, 5) is 13.3. The molecule has 5 heteroatoms. The normalized spacial score (nSPS) is 10.1. The molecule has 1 aromatic rings. The van der Waals surface area contributed by atoms with Crippen LogP contribution in [-0.2, 0) is 4.79 Å². The summed E-state index contributed by atoms with van der Waals surface area (Å²) < 4.78 is 5.44. The van der Waals surface area contributed by atoms with Crippen molar-refractivity contribution >= 4 is 11.6 Å². The van der Waals surface area contributed by atoms with Crippen molar-refractivity contribution in [1.29, 1.82) is 0 Å². The van der Waals surface area contributed by atoms with Gasteiger partial charge in [-0.3, -0.25) is 4.79 Å². The summed E-state index contributed by atoms with van der Waals surface area (Å²) >= 11 is 0. The van der Waals surface area contributed by atoms with Crippen LogP contribution in [0.5, 0.6) is 5.75 Å². The molecule has 18 heavy (non-hydrogen) atoms. The lowest BCUT2D eigenvalue weighted by Gasteiger charge is -2.19. The molecule has 0 fully saturated rings. The molecular formula is C13H20N2O3. The van der Waals surface area contributed by atoms with Crippen LogP contribution in [0.2, 0.25) is 0 Å². The average Bonchev–Trinajstić information content (AvgIpc) is 2.36. The molecule has 5 nitrogen and oxygen atoms in total. The van der Waals surface area contributed by atoms with Gasteiger partial charge in [0.1, 0.15) is 5.75 Å². The van der Waals surface area contributed by atoms with Gasteiger partial charge in [-0.2, -0.15) is 0 Å². The van der Waals surface area contributed by atoms with Gasteiger partial charge >= 0.3 is 0 Å². The van der Waals surface area contributed by atoms with Crippen LogP contribution >= 0.6 is 0 Å². The number of carbonyl (C=O) groups is 1. The van der Waals surface area contributed by atoms with Gasteiger partial charge in [-0.1, -0.05) is 6.07 Å². The molecule has 0 spiro atoms. The van der Waals surface area contributed by atoms with Crippen molar-refractivity contribution in [2.24, 2.45) is 0 Å². The summed E-state index contributed by atoms with van der Waals surface area (Å²) in [6.07, 6.45) is 0.294. The highest BCUT2D eigenvalue weighted by molar-refractivity contribution is 5.76. The van der Waals surface area contributed by atoms with Crippen LogP contribution in [0.4, 0.5) is 5.69 Å². The topological polar surface area (TPSA) is 75.8 Å². The maximum absolute atomic E-state index is 11.7. The molecule has 0 unspecified atom stereocenters. The minimum absolute atomic E-state index is 0.0181. The third kappa shape index (κ3) is 4.63. The van der Waals surface area contributed by atoms with Gasteiger partial charge in [-0.15, -0.1) is 0 Å². The number of nitrogens with zero attached hydrogens (tertiary/aromatic N) is 1. The maximum atomic E-state index is 11.7. The molecule has 0 atom stereocenters. The Bertz CT molecular complexity index is 382. The number of carbonyl (C=O) groups excluding carboxylic acids is 1. The zero-order valence-corrected chi connectivity index (χ0v) is 10.6. The van der Waals surface area contributed by atoms with E-state index in [0.29, 0.717) is 37.6 Å². The van der Waals surface area contributed by atoms with Crippen LogP contribution in [-0.4, -0.2) is 42.2 Å². The van der Waals surface area contributed by atoms with Gasteiger partial charge in [-0.25, -0.2) is 0 Å². The van der Waals surface area contributed by atoms with Gasteiger partial charge in [0, 0.05) is 24.8 Å². The van der Waals surface area contributed by atoms with E-state index in [1.165, 1.54) is 0 Å². The molecular weight excluding hydrogens is 232 g/mol. The number of ether oxygens (including phenoxy) is 1. The zero-order chi connectivity index (χ0) is 13.4. The number of likely N-dealkylation sites (N-methyl/N-ethyl adjacent to an activating group) is 1. The highest BCUT2D eigenvalue weighted by Gasteiger charge is 2.10. The molecule has 0 aliphatic heterocycles. The second-order valence-electron chi connectivity index (χ2n) is 3.87. The maximum Gasteiger partial charge on any atom is 0.226 e. The molecule has 1 amide bonds. The first kappa shape index (κ1) is 14.3. The average molecular weight is 252 g/mol. The van der Waals surface area contributed by atoms with E-state index in [0.717, 1.165) is 0 Å². The quantitative estimate of drug-likeness (QED) is 0.706. The van der Waals surface area contributed by atoms with Crippen LogP contribution in [0.25, 0.3) is 0 Å². The lowest BCUT2D eigenvalue weighted by Crippen LogP contribution is -2.34. The molecule has 0 saturated carbocycles. The number of hydrogen-bond acceptors (Lipinski definition) is 4. The van der Waals surface area contributed by atoms with Gasteiger partial charge < -0.3 is 20.5 Å². The van der Waals surface area contributed by atoms with Crippen LogP contribution < -0.4 is 10.5 Å². The molecule has 0 heterocycles.